The second-order valence-corrected chi connectivity index (χ2v) is 6.04. The Balaban J connectivity index is 2.21. The molecule has 0 bridgehead atoms. The van der Waals surface area contributed by atoms with Gasteiger partial charge in [-0.2, -0.15) is 0 Å². The average Bonchev–Trinajstić information content (AvgIpc) is 3.09. The van der Waals surface area contributed by atoms with Gasteiger partial charge in [-0.25, -0.2) is 4.39 Å². The molecule has 3 rings (SSSR count). The van der Waals surface area contributed by atoms with Crippen molar-refractivity contribution in [3.8, 4) is 0 Å². The van der Waals surface area contributed by atoms with Gasteiger partial charge in [-0.1, -0.05) is 22.5 Å². The molecule has 2 nitrogen and oxygen atoms in total. The number of halogens is 2. The van der Waals surface area contributed by atoms with E-state index >= 15 is 0 Å². The lowest BCUT2D eigenvalue weighted by Crippen LogP contribution is -2.45. The van der Waals surface area contributed by atoms with Crippen molar-refractivity contribution in [2.75, 3.05) is 16.8 Å². The van der Waals surface area contributed by atoms with Crippen LogP contribution in [0.15, 0.2) is 28.9 Å². The van der Waals surface area contributed by atoms with Crippen molar-refractivity contribution in [3.05, 3.63) is 34.7 Å². The van der Waals surface area contributed by atoms with E-state index in [1.54, 1.807) is 0 Å². The molecule has 1 heterocycles. The number of fused-ring (bicyclic) bond motifs is 1. The van der Waals surface area contributed by atoms with Crippen LogP contribution < -0.4 is 9.80 Å². The maximum absolute atomic E-state index is 14.2. The van der Waals surface area contributed by atoms with E-state index in [4.69, 9.17) is 0 Å². The summed E-state index contributed by atoms with van der Waals surface area (Å²) in [5, 5.41) is 0. The second kappa shape index (κ2) is 3.98. The molecule has 0 aromatic heterocycles. The minimum Gasteiger partial charge on any atom is -0.359 e. The molecule has 1 aromatic rings. The Labute approximate surface area is 115 Å². The third kappa shape index (κ3) is 1.66. The molecule has 96 valence electrons. The summed E-state index contributed by atoms with van der Waals surface area (Å²) in [5.41, 5.74) is 2.58. The molecule has 2 aliphatic rings. The van der Waals surface area contributed by atoms with Crippen molar-refractivity contribution in [2.45, 2.75) is 31.8 Å². The zero-order valence-corrected chi connectivity index (χ0v) is 12.2. The van der Waals surface area contributed by atoms with Crippen molar-refractivity contribution in [3.63, 3.8) is 0 Å². The monoisotopic (exact) mass is 310 g/mol. The normalized spacial score (nSPS) is 23.3. The Morgan fingerprint density at radius 3 is 2.67 bits per heavy atom. The van der Waals surface area contributed by atoms with E-state index in [1.165, 1.54) is 18.9 Å². The van der Waals surface area contributed by atoms with Crippen LogP contribution in [0.2, 0.25) is 0 Å². The molecule has 1 saturated carbocycles. The van der Waals surface area contributed by atoms with Crippen LogP contribution in [0, 0.1) is 5.82 Å². The molecule has 0 saturated heterocycles. The highest BCUT2D eigenvalue weighted by molar-refractivity contribution is 9.10. The largest absolute Gasteiger partial charge is 0.359 e. The first-order valence-corrected chi connectivity index (χ1v) is 7.00. The summed E-state index contributed by atoms with van der Waals surface area (Å²) in [5.74, 6) is -0.194. The Hall–Kier alpha value is -1.03. The SMILES string of the molecule is C=C1C(C)N(C2CC2)c2cc(Br)cc(F)c2N1C. The minimum absolute atomic E-state index is 0.194. The molecule has 0 amide bonds. The van der Waals surface area contributed by atoms with Gasteiger partial charge in [0.05, 0.1) is 11.7 Å². The van der Waals surface area contributed by atoms with Gasteiger partial charge in [0.2, 0.25) is 0 Å². The second-order valence-electron chi connectivity index (χ2n) is 5.12. The maximum Gasteiger partial charge on any atom is 0.150 e. The number of likely N-dealkylation sites (N-methyl/N-ethyl adjacent to an activating group) is 1. The number of benzene rings is 1. The highest BCUT2D eigenvalue weighted by Crippen LogP contribution is 2.46. The summed E-state index contributed by atoms with van der Waals surface area (Å²) >= 11 is 3.39. The van der Waals surface area contributed by atoms with Crippen LogP contribution in [0.25, 0.3) is 0 Å². The number of hydrogen-bond acceptors (Lipinski definition) is 2. The summed E-state index contributed by atoms with van der Waals surface area (Å²) < 4.78 is 15.0. The predicted molar refractivity (Wildman–Crippen MR) is 76.6 cm³/mol. The van der Waals surface area contributed by atoms with Gasteiger partial charge in [0.1, 0.15) is 11.5 Å². The fourth-order valence-corrected chi connectivity index (χ4v) is 3.16. The van der Waals surface area contributed by atoms with Crippen LogP contribution in [0.4, 0.5) is 15.8 Å². The molecule has 1 unspecified atom stereocenters. The topological polar surface area (TPSA) is 6.48 Å². The van der Waals surface area contributed by atoms with E-state index in [2.05, 4.69) is 34.3 Å². The minimum atomic E-state index is -0.194. The van der Waals surface area contributed by atoms with Gasteiger partial charge in [-0.3, -0.25) is 0 Å². The van der Waals surface area contributed by atoms with E-state index in [0.717, 1.165) is 15.9 Å². The smallest absolute Gasteiger partial charge is 0.150 e. The zero-order chi connectivity index (χ0) is 13.0. The molecule has 18 heavy (non-hydrogen) atoms. The molecule has 1 aliphatic carbocycles. The maximum atomic E-state index is 14.2. The van der Waals surface area contributed by atoms with E-state index < -0.39 is 0 Å². The highest BCUT2D eigenvalue weighted by Gasteiger charge is 2.40. The lowest BCUT2D eigenvalue weighted by molar-refractivity contribution is 0.604. The standard InChI is InChI=1S/C14H16BrFN2/c1-8-9(2)18(11-4-5-11)13-7-10(15)6-12(16)14(13)17(8)3/h6-7,9,11H,1,4-5H2,2-3H3. The Bertz CT molecular complexity index is 525. The van der Waals surface area contributed by atoms with Crippen LogP contribution in [-0.2, 0) is 0 Å². The van der Waals surface area contributed by atoms with Gasteiger partial charge in [-0.05, 0) is 31.9 Å². The van der Waals surface area contributed by atoms with Crippen LogP contribution in [0.1, 0.15) is 19.8 Å². The quantitative estimate of drug-likeness (QED) is 0.776. The van der Waals surface area contributed by atoms with Gasteiger partial charge < -0.3 is 9.80 Å². The fourth-order valence-electron chi connectivity index (χ4n) is 2.74. The lowest BCUT2D eigenvalue weighted by atomic mass is 10.0. The van der Waals surface area contributed by atoms with E-state index in [9.17, 15) is 4.39 Å². The highest BCUT2D eigenvalue weighted by atomic mass is 79.9. The summed E-state index contributed by atoms with van der Waals surface area (Å²) in [6.07, 6.45) is 2.38. The molecular weight excluding hydrogens is 295 g/mol. The molecule has 4 heteroatoms. The third-order valence-electron chi connectivity index (χ3n) is 3.89. The van der Waals surface area contributed by atoms with Gasteiger partial charge >= 0.3 is 0 Å². The van der Waals surface area contributed by atoms with Gasteiger partial charge in [0.25, 0.3) is 0 Å². The van der Waals surface area contributed by atoms with E-state index in [-0.39, 0.29) is 11.9 Å². The summed E-state index contributed by atoms with van der Waals surface area (Å²) in [4.78, 5) is 4.19. The van der Waals surface area contributed by atoms with Crippen molar-refractivity contribution in [2.24, 2.45) is 0 Å². The molecule has 0 spiro atoms. The number of anilines is 2. The first-order chi connectivity index (χ1) is 8.50. The van der Waals surface area contributed by atoms with Crippen molar-refractivity contribution < 1.29 is 4.39 Å². The summed E-state index contributed by atoms with van der Waals surface area (Å²) in [6.45, 7) is 6.24. The number of nitrogens with zero attached hydrogens (tertiary/aromatic N) is 2. The van der Waals surface area contributed by atoms with Gasteiger partial charge in [0, 0.05) is 23.3 Å². The van der Waals surface area contributed by atoms with Gasteiger partial charge in [-0.15, -0.1) is 0 Å². The van der Waals surface area contributed by atoms with Crippen molar-refractivity contribution in [1.82, 2.24) is 0 Å². The first-order valence-electron chi connectivity index (χ1n) is 6.20. The van der Waals surface area contributed by atoms with Gasteiger partial charge in [0.15, 0.2) is 0 Å². The molecule has 1 aromatic carbocycles. The molecule has 1 aliphatic heterocycles. The van der Waals surface area contributed by atoms with Crippen molar-refractivity contribution in [1.29, 1.82) is 0 Å². The Kier molecular flexibility index (Phi) is 2.66. The fraction of sp³-hybridized carbons (Fsp3) is 0.429. The van der Waals surface area contributed by atoms with E-state index in [0.29, 0.717) is 11.7 Å². The molecule has 1 atom stereocenters. The first kappa shape index (κ1) is 12.0. The van der Waals surface area contributed by atoms with Crippen molar-refractivity contribution >= 4 is 27.3 Å². The average molecular weight is 311 g/mol. The number of rotatable bonds is 1. The number of hydrogen-bond donors (Lipinski definition) is 0. The van der Waals surface area contributed by atoms with Crippen LogP contribution in [-0.4, -0.2) is 19.1 Å². The zero-order valence-electron chi connectivity index (χ0n) is 10.6. The molecule has 0 radical (unpaired) electrons. The van der Waals surface area contributed by atoms with Crippen LogP contribution in [0.3, 0.4) is 0 Å². The van der Waals surface area contributed by atoms with Crippen LogP contribution in [0.5, 0.6) is 0 Å². The summed E-state index contributed by atoms with van der Waals surface area (Å²) in [7, 11) is 1.89. The Morgan fingerprint density at radius 2 is 2.06 bits per heavy atom. The summed E-state index contributed by atoms with van der Waals surface area (Å²) in [6, 6.07) is 4.29. The van der Waals surface area contributed by atoms with E-state index in [1.807, 2.05) is 18.0 Å². The third-order valence-corrected chi connectivity index (χ3v) is 4.35. The lowest BCUT2D eigenvalue weighted by Gasteiger charge is -2.43. The van der Waals surface area contributed by atoms with Crippen LogP contribution >= 0.6 is 15.9 Å². The predicted octanol–water partition coefficient (Wildman–Crippen LogP) is 3.91. The molecule has 1 fully saturated rings. The molecular formula is C14H16BrFN2. The Morgan fingerprint density at radius 1 is 1.39 bits per heavy atom. The molecule has 0 N–H and O–H groups in total.